The van der Waals surface area contributed by atoms with E-state index in [9.17, 15) is 14.3 Å². The molecule has 0 radical (unpaired) electrons. The number of benzene rings is 1. The number of rotatable bonds is 6. The summed E-state index contributed by atoms with van der Waals surface area (Å²) in [7, 11) is 0. The lowest BCUT2D eigenvalue weighted by atomic mass is 10.1. The van der Waals surface area contributed by atoms with Gasteiger partial charge in [0.1, 0.15) is 17.5 Å². The van der Waals surface area contributed by atoms with E-state index in [1.807, 2.05) is 31.5 Å². The maximum Gasteiger partial charge on any atom is 0.337 e. The quantitative estimate of drug-likeness (QED) is 0.527. The maximum atomic E-state index is 13.6. The maximum absolute atomic E-state index is 13.6. The molecule has 0 saturated heterocycles. The Kier molecular flexibility index (Phi) is 5.51. The van der Waals surface area contributed by atoms with Gasteiger partial charge in [0.2, 0.25) is 0 Å². The summed E-state index contributed by atoms with van der Waals surface area (Å²) in [5.74, 6) is -0.512. The molecule has 0 aliphatic heterocycles. The highest BCUT2D eigenvalue weighted by atomic mass is 35.5. The Morgan fingerprint density at radius 2 is 1.96 bits per heavy atom. The number of aromatic carboxylic acids is 1. The molecular weight excluding hydrogens is 385 g/mol. The van der Waals surface area contributed by atoms with E-state index < -0.39 is 11.8 Å². The van der Waals surface area contributed by atoms with Gasteiger partial charge >= 0.3 is 5.97 Å². The Bertz CT molecular complexity index is 1040. The molecule has 7 nitrogen and oxygen atoms in total. The number of anilines is 4. The molecule has 28 heavy (non-hydrogen) atoms. The lowest BCUT2D eigenvalue weighted by molar-refractivity contribution is 0.0698. The molecule has 0 amide bonds. The fourth-order valence-electron chi connectivity index (χ4n) is 2.69. The van der Waals surface area contributed by atoms with Crippen molar-refractivity contribution < 1.29 is 14.3 Å². The second kappa shape index (κ2) is 7.85. The van der Waals surface area contributed by atoms with E-state index in [1.54, 1.807) is 6.07 Å². The topological polar surface area (TPSA) is 92.1 Å². The van der Waals surface area contributed by atoms with Gasteiger partial charge in [0.05, 0.1) is 33.9 Å². The minimum absolute atomic E-state index is 0.0719. The Morgan fingerprint density at radius 1 is 1.21 bits per heavy atom. The van der Waals surface area contributed by atoms with Gasteiger partial charge in [-0.1, -0.05) is 11.6 Å². The highest BCUT2D eigenvalue weighted by molar-refractivity contribution is 6.33. The van der Waals surface area contributed by atoms with E-state index in [4.69, 9.17) is 11.6 Å². The molecule has 0 bridgehead atoms. The third-order valence-corrected chi connectivity index (χ3v) is 4.24. The van der Waals surface area contributed by atoms with Crippen LogP contribution in [-0.2, 0) is 0 Å². The van der Waals surface area contributed by atoms with Crippen LogP contribution in [0.5, 0.6) is 0 Å². The van der Waals surface area contributed by atoms with E-state index in [1.165, 1.54) is 12.3 Å². The molecule has 0 aliphatic rings. The van der Waals surface area contributed by atoms with Crippen molar-refractivity contribution in [3.63, 3.8) is 0 Å². The molecule has 0 spiro atoms. The van der Waals surface area contributed by atoms with Crippen LogP contribution in [-0.4, -0.2) is 25.8 Å². The summed E-state index contributed by atoms with van der Waals surface area (Å²) in [4.78, 5) is 15.6. The number of carboxylic acids is 1. The number of halogens is 2. The van der Waals surface area contributed by atoms with Crippen molar-refractivity contribution in [1.82, 2.24) is 14.8 Å². The van der Waals surface area contributed by atoms with Crippen LogP contribution < -0.4 is 10.6 Å². The van der Waals surface area contributed by atoms with E-state index in [-0.39, 0.29) is 22.3 Å². The van der Waals surface area contributed by atoms with Gasteiger partial charge in [0, 0.05) is 18.2 Å². The zero-order valence-corrected chi connectivity index (χ0v) is 16.3. The summed E-state index contributed by atoms with van der Waals surface area (Å²) in [5, 5.41) is 20.1. The Hall–Kier alpha value is -3.13. The highest BCUT2D eigenvalue weighted by Crippen LogP contribution is 2.30. The number of aromatic nitrogens is 3. The van der Waals surface area contributed by atoms with Crippen molar-refractivity contribution in [2.45, 2.75) is 26.8 Å². The van der Waals surface area contributed by atoms with Crippen molar-refractivity contribution in [2.24, 2.45) is 0 Å². The first-order valence-electron chi connectivity index (χ1n) is 8.53. The molecule has 2 heterocycles. The van der Waals surface area contributed by atoms with Crippen LogP contribution in [0.1, 0.15) is 35.9 Å². The van der Waals surface area contributed by atoms with E-state index in [2.05, 4.69) is 20.7 Å². The van der Waals surface area contributed by atoms with Crippen LogP contribution >= 0.6 is 11.6 Å². The molecule has 0 unspecified atom stereocenters. The average Bonchev–Trinajstić information content (AvgIpc) is 2.98. The van der Waals surface area contributed by atoms with Crippen molar-refractivity contribution >= 4 is 40.6 Å². The predicted molar refractivity (Wildman–Crippen MR) is 107 cm³/mol. The molecule has 0 atom stereocenters. The van der Waals surface area contributed by atoms with Crippen LogP contribution in [0.15, 0.2) is 36.5 Å². The first-order chi connectivity index (χ1) is 13.2. The summed E-state index contributed by atoms with van der Waals surface area (Å²) in [6.07, 6.45) is 1.43. The molecule has 3 N–H and O–H groups in total. The van der Waals surface area contributed by atoms with E-state index in [0.717, 1.165) is 23.6 Å². The second-order valence-corrected chi connectivity index (χ2v) is 6.91. The number of carbonyl (C=O) groups is 1. The Balaban J connectivity index is 1.93. The van der Waals surface area contributed by atoms with Gasteiger partial charge in [-0.05, 0) is 39.0 Å². The first kappa shape index (κ1) is 19.6. The lowest BCUT2D eigenvalue weighted by Gasteiger charge is -2.15. The summed E-state index contributed by atoms with van der Waals surface area (Å²) in [6.45, 7) is 5.91. The number of aryl methyl sites for hydroxylation is 1. The number of hydrogen-bond acceptors (Lipinski definition) is 5. The monoisotopic (exact) mass is 403 g/mol. The molecule has 3 rings (SSSR count). The normalized spacial score (nSPS) is 10.9. The molecule has 2 aromatic heterocycles. The van der Waals surface area contributed by atoms with Crippen LogP contribution in [0.2, 0.25) is 5.02 Å². The van der Waals surface area contributed by atoms with Crippen molar-refractivity contribution in [3.8, 4) is 0 Å². The van der Waals surface area contributed by atoms with Crippen molar-refractivity contribution in [1.29, 1.82) is 0 Å². The Labute approximate surface area is 166 Å². The molecule has 0 aliphatic carbocycles. The van der Waals surface area contributed by atoms with E-state index >= 15 is 0 Å². The SMILES string of the molecule is Cc1cc(Nc2cc(Nc3cc(F)ccc3C(=O)O)c(Cl)cn2)n(C(C)C)n1. The molecule has 1 aromatic carbocycles. The van der Waals surface area contributed by atoms with Gasteiger partial charge in [0.25, 0.3) is 0 Å². The number of nitrogens with one attached hydrogen (secondary N) is 2. The number of hydrogen-bond donors (Lipinski definition) is 3. The number of nitrogens with zero attached hydrogens (tertiary/aromatic N) is 3. The van der Waals surface area contributed by atoms with Crippen molar-refractivity contribution in [2.75, 3.05) is 10.6 Å². The fourth-order valence-corrected chi connectivity index (χ4v) is 2.84. The summed E-state index contributed by atoms with van der Waals surface area (Å²) in [5.41, 5.74) is 1.26. The first-order valence-corrected chi connectivity index (χ1v) is 8.91. The molecular formula is C19H19ClFN5O2. The molecule has 146 valence electrons. The predicted octanol–water partition coefficient (Wildman–Crippen LogP) is 5.15. The molecule has 3 aromatic rings. The summed E-state index contributed by atoms with van der Waals surface area (Å²) < 4.78 is 15.4. The average molecular weight is 404 g/mol. The van der Waals surface area contributed by atoms with Crippen LogP contribution in [0, 0.1) is 12.7 Å². The van der Waals surface area contributed by atoms with Gasteiger partial charge in [-0.25, -0.2) is 18.9 Å². The minimum atomic E-state index is -1.18. The molecule has 0 fully saturated rings. The molecule has 9 heteroatoms. The smallest absolute Gasteiger partial charge is 0.337 e. The number of carboxylic acid groups (broad SMARTS) is 1. The van der Waals surface area contributed by atoms with Crippen LogP contribution in [0.3, 0.4) is 0 Å². The summed E-state index contributed by atoms with van der Waals surface area (Å²) in [6, 6.07) is 7.03. The van der Waals surface area contributed by atoms with Crippen molar-refractivity contribution in [3.05, 3.63) is 58.6 Å². The Morgan fingerprint density at radius 3 is 2.64 bits per heavy atom. The van der Waals surface area contributed by atoms with Gasteiger partial charge in [-0.2, -0.15) is 5.10 Å². The minimum Gasteiger partial charge on any atom is -0.478 e. The van der Waals surface area contributed by atoms with Gasteiger partial charge < -0.3 is 15.7 Å². The fraction of sp³-hybridized carbons (Fsp3) is 0.211. The largest absolute Gasteiger partial charge is 0.478 e. The van der Waals surface area contributed by atoms with Crippen LogP contribution in [0.4, 0.5) is 27.4 Å². The van der Waals surface area contributed by atoms with Gasteiger partial charge in [-0.3, -0.25) is 0 Å². The number of pyridine rings is 1. The van der Waals surface area contributed by atoms with Crippen LogP contribution in [0.25, 0.3) is 0 Å². The zero-order chi connectivity index (χ0) is 20.4. The third kappa shape index (κ3) is 4.23. The van der Waals surface area contributed by atoms with Gasteiger partial charge in [-0.15, -0.1) is 0 Å². The van der Waals surface area contributed by atoms with E-state index in [0.29, 0.717) is 11.5 Å². The highest BCUT2D eigenvalue weighted by Gasteiger charge is 2.14. The molecule has 0 saturated carbocycles. The summed E-state index contributed by atoms with van der Waals surface area (Å²) >= 11 is 6.20. The van der Waals surface area contributed by atoms with Gasteiger partial charge in [0.15, 0.2) is 0 Å². The zero-order valence-electron chi connectivity index (χ0n) is 15.5. The third-order valence-electron chi connectivity index (χ3n) is 3.94. The second-order valence-electron chi connectivity index (χ2n) is 6.50. The lowest BCUT2D eigenvalue weighted by Crippen LogP contribution is -2.08. The standard InChI is InChI=1S/C19H19ClFN5O2/c1-10(2)26-18(6-11(3)25-26)24-17-8-16(14(20)9-22-17)23-15-7-12(21)4-5-13(15)19(27)28/h4-10H,1-3H3,(H,27,28)(H2,22,23,24).